The lowest BCUT2D eigenvalue weighted by Gasteiger charge is -2.19. The molecule has 3 rings (SSSR count). The predicted molar refractivity (Wildman–Crippen MR) is 95.8 cm³/mol. The summed E-state index contributed by atoms with van der Waals surface area (Å²) >= 11 is 0. The van der Waals surface area contributed by atoms with E-state index in [1.54, 1.807) is 24.3 Å². The first-order chi connectivity index (χ1) is 11.2. The molecule has 0 unspecified atom stereocenters. The lowest BCUT2D eigenvalue weighted by atomic mass is 10.1. The highest BCUT2D eigenvalue weighted by Crippen LogP contribution is 2.47. The van der Waals surface area contributed by atoms with E-state index in [-0.39, 0.29) is 5.52 Å². The van der Waals surface area contributed by atoms with Crippen molar-refractivity contribution in [3.8, 4) is 0 Å². The first-order valence-electron chi connectivity index (χ1n) is 7.85. The summed E-state index contributed by atoms with van der Waals surface area (Å²) < 4.78 is 13.9. The molecule has 0 amide bonds. The van der Waals surface area contributed by atoms with E-state index in [2.05, 4.69) is 6.08 Å². The van der Waals surface area contributed by atoms with Crippen LogP contribution in [0.2, 0.25) is 0 Å². The Morgan fingerprint density at radius 3 is 2.00 bits per heavy atom. The Morgan fingerprint density at radius 2 is 1.43 bits per heavy atom. The van der Waals surface area contributed by atoms with Gasteiger partial charge in [-0.15, -0.1) is 0 Å². The molecular formula is C20H19O2P. The molecule has 23 heavy (non-hydrogen) atoms. The summed E-state index contributed by atoms with van der Waals surface area (Å²) in [6.07, 6.45) is 8.33. The van der Waals surface area contributed by atoms with E-state index in [1.807, 2.05) is 48.6 Å². The standard InChI is InChI=1S/C20H19O2P/c21-20(17-11-5-1-2-6-12-17)23(22,18-13-7-3-8-14-18)19-15-9-4-10-16-19/h1,3-5,7-11,13-16H,2,6,12H2. The van der Waals surface area contributed by atoms with E-state index in [4.69, 9.17) is 0 Å². The second-order valence-corrected chi connectivity index (χ2v) is 8.26. The van der Waals surface area contributed by atoms with Crippen LogP contribution >= 0.6 is 7.14 Å². The average molecular weight is 322 g/mol. The molecule has 0 saturated heterocycles. The van der Waals surface area contributed by atoms with Crippen LogP contribution in [0.25, 0.3) is 0 Å². The first kappa shape index (κ1) is 15.7. The van der Waals surface area contributed by atoms with Crippen molar-refractivity contribution in [3.05, 3.63) is 84.5 Å². The number of allylic oxidation sites excluding steroid dienone is 4. The number of carbonyl (C=O) groups excluding carboxylic acids is 1. The van der Waals surface area contributed by atoms with E-state index >= 15 is 0 Å². The maximum absolute atomic E-state index is 13.9. The lowest BCUT2D eigenvalue weighted by Crippen LogP contribution is -2.23. The summed E-state index contributed by atoms with van der Waals surface area (Å²) in [6.45, 7) is 0. The van der Waals surface area contributed by atoms with Gasteiger partial charge in [0, 0.05) is 16.2 Å². The van der Waals surface area contributed by atoms with Gasteiger partial charge in [0.1, 0.15) is 0 Å². The minimum absolute atomic E-state index is 0.235. The minimum Gasteiger partial charge on any atom is -0.305 e. The molecule has 0 N–H and O–H groups in total. The molecule has 0 spiro atoms. The number of hydrogen-bond donors (Lipinski definition) is 0. The molecule has 0 fully saturated rings. The van der Waals surface area contributed by atoms with Gasteiger partial charge >= 0.3 is 0 Å². The topological polar surface area (TPSA) is 34.1 Å². The van der Waals surface area contributed by atoms with Crippen molar-refractivity contribution in [1.29, 1.82) is 0 Å². The molecule has 0 bridgehead atoms. The van der Waals surface area contributed by atoms with Gasteiger partial charge < -0.3 is 4.57 Å². The molecule has 0 saturated carbocycles. The molecule has 2 aromatic rings. The molecule has 2 aromatic carbocycles. The molecule has 3 heteroatoms. The average Bonchev–Trinajstić information content (AvgIpc) is 2.91. The molecule has 0 radical (unpaired) electrons. The van der Waals surface area contributed by atoms with Crippen LogP contribution in [0.15, 0.2) is 84.5 Å². The van der Waals surface area contributed by atoms with Gasteiger partial charge in [0.2, 0.25) is 12.7 Å². The van der Waals surface area contributed by atoms with Gasteiger partial charge in [-0.1, -0.05) is 78.9 Å². The van der Waals surface area contributed by atoms with E-state index in [0.717, 1.165) is 12.8 Å². The van der Waals surface area contributed by atoms with Crippen molar-refractivity contribution in [1.82, 2.24) is 0 Å². The summed E-state index contributed by atoms with van der Waals surface area (Å²) in [5.41, 5.74) is 0.427. The number of benzene rings is 2. The Balaban J connectivity index is 2.13. The first-order valence-corrected chi connectivity index (χ1v) is 9.55. The van der Waals surface area contributed by atoms with Crippen LogP contribution < -0.4 is 10.6 Å². The monoisotopic (exact) mass is 322 g/mol. The Labute approximate surface area is 136 Å². The maximum Gasteiger partial charge on any atom is 0.226 e. The third-order valence-corrected chi connectivity index (χ3v) is 6.96. The lowest BCUT2D eigenvalue weighted by molar-refractivity contribution is -0.108. The van der Waals surface area contributed by atoms with Crippen molar-refractivity contribution in [3.63, 3.8) is 0 Å². The van der Waals surface area contributed by atoms with Crippen molar-refractivity contribution in [2.75, 3.05) is 0 Å². The Morgan fingerprint density at radius 1 is 0.870 bits per heavy atom. The van der Waals surface area contributed by atoms with E-state index < -0.39 is 7.14 Å². The van der Waals surface area contributed by atoms with Gasteiger partial charge in [0.15, 0.2) is 0 Å². The van der Waals surface area contributed by atoms with E-state index in [1.165, 1.54) is 0 Å². The van der Waals surface area contributed by atoms with Gasteiger partial charge in [-0.2, -0.15) is 0 Å². The van der Waals surface area contributed by atoms with Crippen LogP contribution in [0.1, 0.15) is 19.3 Å². The fourth-order valence-corrected chi connectivity index (χ4v) is 5.36. The highest BCUT2D eigenvalue weighted by atomic mass is 31.2. The zero-order valence-corrected chi connectivity index (χ0v) is 13.8. The van der Waals surface area contributed by atoms with Gasteiger partial charge in [-0.3, -0.25) is 4.79 Å². The van der Waals surface area contributed by atoms with Crippen LogP contribution in [0.3, 0.4) is 0 Å². The van der Waals surface area contributed by atoms with Gasteiger partial charge in [-0.25, -0.2) is 0 Å². The molecule has 1 aliphatic rings. The quantitative estimate of drug-likeness (QED) is 0.791. The summed E-state index contributed by atoms with van der Waals surface area (Å²) in [7, 11) is -3.34. The van der Waals surface area contributed by atoms with Crippen LogP contribution in [-0.4, -0.2) is 5.52 Å². The normalized spacial score (nSPS) is 14.9. The van der Waals surface area contributed by atoms with Crippen LogP contribution in [-0.2, 0) is 9.36 Å². The molecule has 0 heterocycles. The van der Waals surface area contributed by atoms with Crippen molar-refractivity contribution in [2.24, 2.45) is 0 Å². The highest BCUT2D eigenvalue weighted by Gasteiger charge is 2.37. The fraction of sp³-hybridized carbons (Fsp3) is 0.150. The SMILES string of the molecule is O=C(C1=CC=CCCC1)P(=O)(c1ccccc1)c1ccccc1. The third-order valence-electron chi connectivity index (χ3n) is 4.05. The zero-order valence-electron chi connectivity index (χ0n) is 12.9. The maximum atomic E-state index is 13.9. The summed E-state index contributed by atoms with van der Waals surface area (Å²) in [6, 6.07) is 18.2. The molecule has 1 aliphatic carbocycles. The molecule has 0 aromatic heterocycles. The summed E-state index contributed by atoms with van der Waals surface area (Å²) in [5.74, 6) is 0. The molecule has 0 aliphatic heterocycles. The Kier molecular flexibility index (Phi) is 4.73. The Hall–Kier alpha value is -2.18. The largest absolute Gasteiger partial charge is 0.305 e. The molecular weight excluding hydrogens is 303 g/mol. The van der Waals surface area contributed by atoms with Gasteiger partial charge in [0.25, 0.3) is 0 Å². The second kappa shape index (κ2) is 6.93. The minimum atomic E-state index is -3.34. The fourth-order valence-electron chi connectivity index (χ4n) is 2.81. The van der Waals surface area contributed by atoms with Gasteiger partial charge in [-0.05, 0) is 19.3 Å². The van der Waals surface area contributed by atoms with Crippen LogP contribution in [0.4, 0.5) is 0 Å². The van der Waals surface area contributed by atoms with E-state index in [0.29, 0.717) is 22.6 Å². The number of rotatable bonds is 4. The summed E-state index contributed by atoms with van der Waals surface area (Å²) in [4.78, 5) is 13.2. The predicted octanol–water partition coefficient (Wildman–Crippen LogP) is 4.19. The smallest absolute Gasteiger partial charge is 0.226 e. The van der Waals surface area contributed by atoms with Crippen molar-refractivity contribution in [2.45, 2.75) is 19.3 Å². The third kappa shape index (κ3) is 3.13. The summed E-state index contributed by atoms with van der Waals surface area (Å²) in [5, 5.41) is 1.20. The Bertz CT molecular complexity index is 745. The zero-order chi connectivity index (χ0) is 16.1. The van der Waals surface area contributed by atoms with E-state index in [9.17, 15) is 9.36 Å². The molecule has 116 valence electrons. The van der Waals surface area contributed by atoms with Crippen LogP contribution in [0, 0.1) is 0 Å². The van der Waals surface area contributed by atoms with Crippen molar-refractivity contribution < 1.29 is 9.36 Å². The molecule has 0 atom stereocenters. The number of carbonyl (C=O) groups is 1. The number of hydrogen-bond acceptors (Lipinski definition) is 2. The van der Waals surface area contributed by atoms with Crippen LogP contribution in [0.5, 0.6) is 0 Å². The second-order valence-electron chi connectivity index (χ2n) is 5.60. The highest BCUT2D eigenvalue weighted by molar-refractivity contribution is 7.93. The molecule has 2 nitrogen and oxygen atoms in total. The van der Waals surface area contributed by atoms with Gasteiger partial charge in [0.05, 0.1) is 0 Å². The van der Waals surface area contributed by atoms with Crippen molar-refractivity contribution >= 4 is 23.3 Å².